The second-order valence-corrected chi connectivity index (χ2v) is 7.41. The van der Waals surface area contributed by atoms with E-state index in [0.717, 1.165) is 5.69 Å². The molecule has 1 aliphatic heterocycles. The van der Waals surface area contributed by atoms with Gasteiger partial charge in [-0.15, -0.1) is 0 Å². The number of ether oxygens (including phenoxy) is 1. The van der Waals surface area contributed by atoms with E-state index in [-0.39, 0.29) is 6.04 Å². The first-order valence-corrected chi connectivity index (χ1v) is 8.71. The Bertz CT molecular complexity index is 778. The van der Waals surface area contributed by atoms with Gasteiger partial charge in [0.1, 0.15) is 5.75 Å². The van der Waals surface area contributed by atoms with E-state index in [1.54, 1.807) is 35.7 Å². The van der Waals surface area contributed by atoms with E-state index >= 15 is 0 Å². The number of nitrogens with zero attached hydrogens (tertiary/aromatic N) is 2. The lowest BCUT2D eigenvalue weighted by Crippen LogP contribution is -2.40. The van der Waals surface area contributed by atoms with Crippen molar-refractivity contribution in [1.29, 1.82) is 0 Å². The molecule has 1 atom stereocenters. The van der Waals surface area contributed by atoms with Crippen LogP contribution < -0.4 is 4.74 Å². The Labute approximate surface area is 131 Å². The van der Waals surface area contributed by atoms with Crippen LogP contribution in [0.15, 0.2) is 41.3 Å². The Kier molecular flexibility index (Phi) is 3.74. The Hall–Kier alpha value is -1.79. The topological polar surface area (TPSA) is 51.5 Å². The first kappa shape index (κ1) is 15.1. The lowest BCUT2D eigenvalue weighted by Gasteiger charge is -2.34. The van der Waals surface area contributed by atoms with Gasteiger partial charge in [-0.3, -0.25) is 0 Å². The predicted octanol–water partition coefficient (Wildman–Crippen LogP) is 2.57. The minimum atomic E-state index is -3.51. The number of rotatable bonds is 3. The molecule has 0 N–H and O–H groups in total. The Morgan fingerprint density at radius 3 is 2.41 bits per heavy atom. The molecule has 6 heteroatoms. The number of hydrogen-bond donors (Lipinski definition) is 0. The molecule has 5 nitrogen and oxygen atoms in total. The van der Waals surface area contributed by atoms with Crippen LogP contribution in [0.3, 0.4) is 0 Å². The van der Waals surface area contributed by atoms with Crippen molar-refractivity contribution in [2.45, 2.75) is 31.3 Å². The summed E-state index contributed by atoms with van der Waals surface area (Å²) in [5.41, 5.74) is 2.21. The lowest BCUT2D eigenvalue weighted by molar-refractivity contribution is 0.280. The fraction of sp³-hybridized carbons (Fsp3) is 0.375. The molecule has 1 aliphatic rings. The maximum Gasteiger partial charge on any atom is 0.243 e. The lowest BCUT2D eigenvalue weighted by atomic mass is 10.2. The second-order valence-electron chi connectivity index (χ2n) is 5.52. The molecule has 0 fully saturated rings. The highest BCUT2D eigenvalue weighted by Crippen LogP contribution is 2.32. The minimum absolute atomic E-state index is 0.172. The van der Waals surface area contributed by atoms with Gasteiger partial charge in [0.25, 0.3) is 0 Å². The van der Waals surface area contributed by atoms with Gasteiger partial charge < -0.3 is 9.30 Å². The van der Waals surface area contributed by atoms with Crippen molar-refractivity contribution >= 4 is 10.0 Å². The van der Waals surface area contributed by atoms with Crippen molar-refractivity contribution in [2.24, 2.45) is 0 Å². The number of aryl methyl sites for hydroxylation is 1. The number of fused-ring (bicyclic) bond motifs is 1. The summed E-state index contributed by atoms with van der Waals surface area (Å²) in [5, 5.41) is 0. The summed E-state index contributed by atoms with van der Waals surface area (Å²) < 4.78 is 34.6. The summed E-state index contributed by atoms with van der Waals surface area (Å²) in [4.78, 5) is 0.303. The van der Waals surface area contributed by atoms with Gasteiger partial charge in [0.15, 0.2) is 0 Å². The van der Waals surface area contributed by atoms with Crippen LogP contribution in [0, 0.1) is 6.92 Å². The van der Waals surface area contributed by atoms with Gasteiger partial charge in [-0.2, -0.15) is 4.31 Å². The number of aromatic nitrogens is 1. The van der Waals surface area contributed by atoms with Gasteiger partial charge in [0.05, 0.1) is 18.0 Å². The average molecular weight is 320 g/mol. The van der Waals surface area contributed by atoms with Crippen LogP contribution in [0.5, 0.6) is 5.75 Å². The van der Waals surface area contributed by atoms with Crippen LogP contribution in [0.1, 0.15) is 24.4 Å². The first-order valence-electron chi connectivity index (χ1n) is 7.27. The molecule has 0 amide bonds. The third-order valence-corrected chi connectivity index (χ3v) is 6.29. The normalized spacial score (nSPS) is 19.0. The summed E-state index contributed by atoms with van der Waals surface area (Å²) in [6.07, 6.45) is 0. The molecule has 0 saturated carbocycles. The molecule has 0 radical (unpaired) electrons. The van der Waals surface area contributed by atoms with Crippen LogP contribution in [0.2, 0.25) is 0 Å². The Balaban J connectivity index is 1.96. The van der Waals surface area contributed by atoms with Crippen LogP contribution in [-0.2, 0) is 16.6 Å². The largest absolute Gasteiger partial charge is 0.497 e. The van der Waals surface area contributed by atoms with Gasteiger partial charge in [-0.25, -0.2) is 8.42 Å². The molecule has 0 saturated heterocycles. The van der Waals surface area contributed by atoms with Crippen molar-refractivity contribution in [2.75, 3.05) is 13.7 Å². The molecule has 118 valence electrons. The van der Waals surface area contributed by atoms with Gasteiger partial charge in [0.2, 0.25) is 10.0 Å². The Morgan fingerprint density at radius 1 is 1.09 bits per heavy atom. The number of sulfonamides is 1. The molecular formula is C16H20N2O3S. The predicted molar refractivity (Wildman–Crippen MR) is 84.5 cm³/mol. The molecule has 2 aromatic rings. The fourth-order valence-corrected chi connectivity index (χ4v) is 4.61. The molecule has 1 aromatic carbocycles. The van der Waals surface area contributed by atoms with Gasteiger partial charge >= 0.3 is 0 Å². The smallest absolute Gasteiger partial charge is 0.243 e. The third-order valence-electron chi connectivity index (χ3n) is 4.30. The van der Waals surface area contributed by atoms with Gasteiger partial charge in [-0.05, 0) is 50.2 Å². The van der Waals surface area contributed by atoms with Crippen LogP contribution >= 0.6 is 0 Å². The van der Waals surface area contributed by atoms with Crippen molar-refractivity contribution in [1.82, 2.24) is 8.87 Å². The quantitative estimate of drug-likeness (QED) is 0.873. The average Bonchev–Trinajstić information content (AvgIpc) is 2.90. The monoisotopic (exact) mass is 320 g/mol. The Morgan fingerprint density at radius 2 is 1.77 bits per heavy atom. The van der Waals surface area contributed by atoms with E-state index in [9.17, 15) is 8.42 Å². The zero-order valence-corrected chi connectivity index (χ0v) is 13.8. The number of methoxy groups -OCH3 is 1. The highest BCUT2D eigenvalue weighted by atomic mass is 32.2. The maximum absolute atomic E-state index is 12.9. The van der Waals surface area contributed by atoms with Crippen LogP contribution in [0.4, 0.5) is 0 Å². The molecular weight excluding hydrogens is 300 g/mol. The molecule has 1 aromatic heterocycles. The van der Waals surface area contributed by atoms with Crippen molar-refractivity contribution in [3.63, 3.8) is 0 Å². The van der Waals surface area contributed by atoms with Crippen molar-refractivity contribution in [3.05, 3.63) is 47.8 Å². The van der Waals surface area contributed by atoms with Crippen molar-refractivity contribution in [3.8, 4) is 5.75 Å². The van der Waals surface area contributed by atoms with E-state index in [0.29, 0.717) is 23.7 Å². The van der Waals surface area contributed by atoms with E-state index in [1.165, 1.54) is 5.69 Å². The van der Waals surface area contributed by atoms with Gasteiger partial charge in [-0.1, -0.05) is 0 Å². The molecule has 3 rings (SSSR count). The van der Waals surface area contributed by atoms with E-state index in [1.807, 2.05) is 26.0 Å². The van der Waals surface area contributed by atoms with E-state index < -0.39 is 10.0 Å². The van der Waals surface area contributed by atoms with E-state index in [4.69, 9.17) is 4.74 Å². The minimum Gasteiger partial charge on any atom is -0.497 e. The van der Waals surface area contributed by atoms with E-state index in [2.05, 4.69) is 4.57 Å². The standard InChI is InChI=1S/C16H20N2O3S/c1-12-4-9-16-13(2)18(11-10-17(12)16)22(19,20)15-7-5-14(21-3)6-8-15/h4-9,13H,10-11H2,1-3H3/t13-/m0/s1. The molecule has 2 heterocycles. The summed E-state index contributed by atoms with van der Waals surface area (Å²) in [7, 11) is -1.94. The number of benzene rings is 1. The third kappa shape index (κ3) is 2.32. The highest BCUT2D eigenvalue weighted by molar-refractivity contribution is 7.89. The van der Waals surface area contributed by atoms with Crippen LogP contribution in [0.25, 0.3) is 0 Å². The summed E-state index contributed by atoms with van der Waals surface area (Å²) in [6, 6.07) is 10.4. The molecule has 0 bridgehead atoms. The zero-order chi connectivity index (χ0) is 15.9. The molecule has 22 heavy (non-hydrogen) atoms. The fourth-order valence-electron chi connectivity index (χ4n) is 3.01. The van der Waals surface area contributed by atoms with Crippen LogP contribution in [-0.4, -0.2) is 30.9 Å². The highest BCUT2D eigenvalue weighted by Gasteiger charge is 2.34. The molecule has 0 aliphatic carbocycles. The number of hydrogen-bond acceptors (Lipinski definition) is 3. The second kappa shape index (κ2) is 5.44. The first-order chi connectivity index (χ1) is 10.4. The van der Waals surface area contributed by atoms with Gasteiger partial charge in [0, 0.05) is 24.5 Å². The SMILES string of the molecule is COc1ccc(S(=O)(=O)N2CCn3c(C)ccc3[C@@H]2C)cc1. The summed E-state index contributed by atoms with van der Waals surface area (Å²) in [6.45, 7) is 5.15. The van der Waals surface area contributed by atoms with Crippen molar-refractivity contribution < 1.29 is 13.2 Å². The summed E-state index contributed by atoms with van der Waals surface area (Å²) >= 11 is 0. The maximum atomic E-state index is 12.9. The molecule has 0 unspecified atom stereocenters. The summed E-state index contributed by atoms with van der Waals surface area (Å²) in [5.74, 6) is 0.648. The zero-order valence-electron chi connectivity index (χ0n) is 13.0. The molecule has 0 spiro atoms.